The Balaban J connectivity index is 1.87. The van der Waals surface area contributed by atoms with Crippen LogP contribution in [-0.2, 0) is 6.54 Å². The number of rotatable bonds is 4. The maximum absolute atomic E-state index is 11.3. The Hall–Kier alpha value is -2.89. The van der Waals surface area contributed by atoms with Gasteiger partial charge in [0.05, 0.1) is 11.3 Å². The van der Waals surface area contributed by atoms with Gasteiger partial charge in [-0.05, 0) is 23.8 Å². The van der Waals surface area contributed by atoms with E-state index in [1.165, 1.54) is 6.20 Å². The Kier molecular flexibility index (Phi) is 3.04. The van der Waals surface area contributed by atoms with Crippen LogP contribution < -0.4 is 11.1 Å². The van der Waals surface area contributed by atoms with Crippen molar-refractivity contribution in [3.8, 4) is 0 Å². The molecule has 0 aliphatic rings. The van der Waals surface area contributed by atoms with Crippen LogP contribution in [0.2, 0.25) is 0 Å². The third-order valence-corrected chi connectivity index (χ3v) is 3.11. The van der Waals surface area contributed by atoms with Gasteiger partial charge in [-0.3, -0.25) is 9.78 Å². The molecule has 0 aromatic carbocycles. The first kappa shape index (κ1) is 12.2. The second-order valence-electron chi connectivity index (χ2n) is 4.35. The van der Waals surface area contributed by atoms with E-state index in [0.29, 0.717) is 17.8 Å². The molecule has 0 atom stereocenters. The second-order valence-corrected chi connectivity index (χ2v) is 4.35. The largest absolute Gasteiger partial charge is 0.380 e. The van der Waals surface area contributed by atoms with Crippen molar-refractivity contribution in [3.05, 3.63) is 54.1 Å². The number of hydrogen-bond acceptors (Lipinski definition) is 4. The van der Waals surface area contributed by atoms with Crippen LogP contribution >= 0.6 is 0 Å². The summed E-state index contributed by atoms with van der Waals surface area (Å²) in [6.07, 6.45) is 6.68. The molecular weight excluding hydrogens is 254 g/mol. The van der Waals surface area contributed by atoms with Gasteiger partial charge < -0.3 is 16.0 Å². The van der Waals surface area contributed by atoms with Crippen molar-refractivity contribution in [2.45, 2.75) is 6.54 Å². The molecule has 3 heterocycles. The Morgan fingerprint density at radius 1 is 1.30 bits per heavy atom. The first-order valence-electron chi connectivity index (χ1n) is 6.14. The lowest BCUT2D eigenvalue weighted by Crippen LogP contribution is -2.14. The van der Waals surface area contributed by atoms with Crippen molar-refractivity contribution < 1.29 is 4.79 Å². The van der Waals surface area contributed by atoms with E-state index < -0.39 is 5.91 Å². The third kappa shape index (κ3) is 2.18. The summed E-state index contributed by atoms with van der Waals surface area (Å²) >= 11 is 0. The highest BCUT2D eigenvalue weighted by atomic mass is 16.1. The monoisotopic (exact) mass is 267 g/mol. The van der Waals surface area contributed by atoms with Crippen LogP contribution in [0.3, 0.4) is 0 Å². The zero-order chi connectivity index (χ0) is 13.9. The first-order chi connectivity index (χ1) is 9.75. The van der Waals surface area contributed by atoms with E-state index in [4.69, 9.17) is 5.73 Å². The van der Waals surface area contributed by atoms with Crippen LogP contribution in [-0.4, -0.2) is 20.9 Å². The summed E-state index contributed by atoms with van der Waals surface area (Å²) < 4.78 is 0. The summed E-state index contributed by atoms with van der Waals surface area (Å²) in [6.45, 7) is 0.571. The minimum absolute atomic E-state index is 0.381. The SMILES string of the molecule is NC(=O)c1cnccc1NCc1ccnc2[nH]ccc12. The lowest BCUT2D eigenvalue weighted by molar-refractivity contribution is 0.100. The number of primary amides is 1. The number of H-pyrrole nitrogens is 1. The Bertz CT molecular complexity index is 765. The molecule has 0 radical (unpaired) electrons. The van der Waals surface area contributed by atoms with Gasteiger partial charge in [-0.1, -0.05) is 0 Å². The number of amides is 1. The molecule has 3 aromatic heterocycles. The fourth-order valence-corrected chi connectivity index (χ4v) is 2.11. The van der Waals surface area contributed by atoms with Gasteiger partial charge in [0, 0.05) is 36.7 Å². The van der Waals surface area contributed by atoms with Gasteiger partial charge in [0.1, 0.15) is 5.65 Å². The average molecular weight is 267 g/mol. The zero-order valence-corrected chi connectivity index (χ0v) is 10.6. The smallest absolute Gasteiger partial charge is 0.252 e. The molecule has 0 bridgehead atoms. The molecule has 0 aliphatic carbocycles. The molecule has 0 aliphatic heterocycles. The standard InChI is InChI=1S/C14H13N5O/c15-13(20)11-8-16-4-3-12(11)19-7-9-1-5-17-14-10(9)2-6-18-14/h1-6,8H,7H2,(H2,15,20)(H,16,19)(H,17,18). The Labute approximate surface area is 115 Å². The predicted octanol–water partition coefficient (Wildman–Crippen LogP) is 1.67. The molecule has 6 heteroatoms. The first-order valence-corrected chi connectivity index (χ1v) is 6.14. The Morgan fingerprint density at radius 2 is 2.20 bits per heavy atom. The van der Waals surface area contributed by atoms with Gasteiger partial charge >= 0.3 is 0 Å². The molecule has 1 amide bonds. The summed E-state index contributed by atoms with van der Waals surface area (Å²) in [4.78, 5) is 22.5. The summed E-state index contributed by atoms with van der Waals surface area (Å²) in [5, 5.41) is 4.26. The van der Waals surface area contributed by atoms with E-state index in [9.17, 15) is 4.79 Å². The number of nitrogens with one attached hydrogen (secondary N) is 2. The van der Waals surface area contributed by atoms with E-state index in [-0.39, 0.29) is 0 Å². The summed E-state index contributed by atoms with van der Waals surface area (Å²) in [5.74, 6) is -0.498. The van der Waals surface area contributed by atoms with Gasteiger partial charge in [0.25, 0.3) is 5.91 Å². The van der Waals surface area contributed by atoms with E-state index in [1.54, 1.807) is 18.5 Å². The highest BCUT2D eigenvalue weighted by Gasteiger charge is 2.08. The molecule has 20 heavy (non-hydrogen) atoms. The normalized spacial score (nSPS) is 10.6. The number of hydrogen-bond donors (Lipinski definition) is 3. The number of carbonyl (C=O) groups excluding carboxylic acids is 1. The maximum atomic E-state index is 11.3. The molecule has 0 fully saturated rings. The van der Waals surface area contributed by atoms with E-state index >= 15 is 0 Å². The lowest BCUT2D eigenvalue weighted by atomic mass is 10.1. The quantitative estimate of drug-likeness (QED) is 0.669. The van der Waals surface area contributed by atoms with Crippen LogP contribution in [0.4, 0.5) is 5.69 Å². The van der Waals surface area contributed by atoms with Gasteiger partial charge in [-0.2, -0.15) is 0 Å². The summed E-state index contributed by atoms with van der Waals surface area (Å²) in [6, 6.07) is 5.64. The Morgan fingerprint density at radius 3 is 3.05 bits per heavy atom. The minimum Gasteiger partial charge on any atom is -0.380 e. The molecule has 0 saturated carbocycles. The van der Waals surface area contributed by atoms with Crippen molar-refractivity contribution in [1.29, 1.82) is 0 Å². The number of carbonyl (C=O) groups is 1. The van der Waals surface area contributed by atoms with Crippen LogP contribution in [0.5, 0.6) is 0 Å². The number of aromatic nitrogens is 3. The van der Waals surface area contributed by atoms with Crippen LogP contribution in [0.25, 0.3) is 11.0 Å². The number of anilines is 1. The molecule has 6 nitrogen and oxygen atoms in total. The van der Waals surface area contributed by atoms with E-state index in [1.807, 2.05) is 18.3 Å². The predicted molar refractivity (Wildman–Crippen MR) is 76.2 cm³/mol. The molecular formula is C14H13N5O. The lowest BCUT2D eigenvalue weighted by Gasteiger charge is -2.10. The summed E-state index contributed by atoms with van der Waals surface area (Å²) in [5.41, 5.74) is 8.31. The van der Waals surface area contributed by atoms with Gasteiger partial charge in [-0.25, -0.2) is 4.98 Å². The second kappa shape index (κ2) is 5.00. The number of pyridine rings is 2. The fourth-order valence-electron chi connectivity index (χ4n) is 2.11. The van der Waals surface area contributed by atoms with Crippen molar-refractivity contribution >= 4 is 22.6 Å². The van der Waals surface area contributed by atoms with Crippen molar-refractivity contribution in [2.24, 2.45) is 5.73 Å². The molecule has 0 saturated heterocycles. The number of nitrogens with two attached hydrogens (primary N) is 1. The van der Waals surface area contributed by atoms with Crippen LogP contribution in [0.15, 0.2) is 43.0 Å². The van der Waals surface area contributed by atoms with Gasteiger partial charge in [0.2, 0.25) is 0 Å². The van der Waals surface area contributed by atoms with Crippen LogP contribution in [0.1, 0.15) is 15.9 Å². The van der Waals surface area contributed by atoms with Crippen molar-refractivity contribution in [2.75, 3.05) is 5.32 Å². The van der Waals surface area contributed by atoms with Crippen molar-refractivity contribution in [3.63, 3.8) is 0 Å². The molecule has 4 N–H and O–H groups in total. The molecule has 100 valence electrons. The molecule has 3 aromatic rings. The number of aromatic amines is 1. The molecule has 3 rings (SSSR count). The number of fused-ring (bicyclic) bond motifs is 1. The number of nitrogens with zero attached hydrogens (tertiary/aromatic N) is 2. The molecule has 0 unspecified atom stereocenters. The van der Waals surface area contributed by atoms with E-state index in [2.05, 4.69) is 20.3 Å². The van der Waals surface area contributed by atoms with E-state index in [0.717, 1.165) is 16.6 Å². The third-order valence-electron chi connectivity index (χ3n) is 3.11. The van der Waals surface area contributed by atoms with Gasteiger partial charge in [0.15, 0.2) is 0 Å². The topological polar surface area (TPSA) is 96.7 Å². The molecule has 0 spiro atoms. The minimum atomic E-state index is -0.498. The van der Waals surface area contributed by atoms with Gasteiger partial charge in [-0.15, -0.1) is 0 Å². The van der Waals surface area contributed by atoms with Crippen LogP contribution in [0, 0.1) is 0 Å². The zero-order valence-electron chi connectivity index (χ0n) is 10.6. The average Bonchev–Trinajstić information content (AvgIpc) is 2.94. The maximum Gasteiger partial charge on any atom is 0.252 e. The highest BCUT2D eigenvalue weighted by Crippen LogP contribution is 2.18. The fraction of sp³-hybridized carbons (Fsp3) is 0.0714. The summed E-state index contributed by atoms with van der Waals surface area (Å²) in [7, 11) is 0. The highest BCUT2D eigenvalue weighted by molar-refractivity contribution is 5.98. The van der Waals surface area contributed by atoms with Crippen molar-refractivity contribution in [1.82, 2.24) is 15.0 Å².